The first-order valence-corrected chi connectivity index (χ1v) is 7.99. The molecule has 0 aromatic carbocycles. The smallest absolute Gasteiger partial charge is 0.239 e. The molecule has 112 valence electrons. The van der Waals surface area contributed by atoms with Crippen LogP contribution in [0.4, 0.5) is 0 Å². The van der Waals surface area contributed by atoms with Crippen molar-refractivity contribution in [2.45, 2.75) is 69.5 Å². The zero-order valence-corrected chi connectivity index (χ0v) is 12.0. The summed E-state index contributed by atoms with van der Waals surface area (Å²) in [5.41, 5.74) is 6.07. The lowest BCUT2D eigenvalue weighted by Crippen LogP contribution is -2.63. The summed E-state index contributed by atoms with van der Waals surface area (Å²) in [7, 11) is 0. The Bertz CT molecular complexity index is 399. The Hall–Kier alpha value is -1.10. The number of hydrogen-bond acceptors (Lipinski definition) is 3. The number of carbonyl (C=O) groups excluding carboxylic acids is 2. The second kappa shape index (κ2) is 5.72. The summed E-state index contributed by atoms with van der Waals surface area (Å²) in [6, 6.07) is 0.553. The molecule has 0 spiro atoms. The molecular formula is C15H25N3O2. The van der Waals surface area contributed by atoms with E-state index in [1.165, 1.54) is 0 Å². The van der Waals surface area contributed by atoms with E-state index in [4.69, 9.17) is 5.73 Å². The Morgan fingerprint density at radius 3 is 2.75 bits per heavy atom. The molecule has 3 rings (SSSR count). The third-order valence-corrected chi connectivity index (χ3v) is 5.27. The van der Waals surface area contributed by atoms with Gasteiger partial charge in [0.25, 0.3) is 0 Å². The van der Waals surface area contributed by atoms with Crippen LogP contribution in [0, 0.1) is 5.92 Å². The number of hydrogen-bond donors (Lipinski definition) is 2. The van der Waals surface area contributed by atoms with Gasteiger partial charge in [-0.25, -0.2) is 0 Å². The number of nitrogens with two attached hydrogens (primary N) is 1. The van der Waals surface area contributed by atoms with E-state index in [0.717, 1.165) is 44.9 Å². The molecule has 0 aromatic heterocycles. The number of piperazine rings is 1. The fraction of sp³-hybridized carbons (Fsp3) is 0.867. The summed E-state index contributed by atoms with van der Waals surface area (Å²) in [4.78, 5) is 26.2. The van der Waals surface area contributed by atoms with E-state index >= 15 is 0 Å². The molecule has 3 N–H and O–H groups in total. The first-order valence-electron chi connectivity index (χ1n) is 7.99. The predicted molar refractivity (Wildman–Crippen MR) is 75.8 cm³/mol. The Kier molecular flexibility index (Phi) is 3.96. The maximum Gasteiger partial charge on any atom is 0.239 e. The maximum absolute atomic E-state index is 12.6. The van der Waals surface area contributed by atoms with E-state index in [1.54, 1.807) is 0 Å². The molecule has 1 saturated heterocycles. The van der Waals surface area contributed by atoms with Crippen molar-refractivity contribution < 1.29 is 9.59 Å². The third kappa shape index (κ3) is 2.68. The monoisotopic (exact) mass is 279 g/mol. The highest BCUT2D eigenvalue weighted by Gasteiger charge is 2.39. The van der Waals surface area contributed by atoms with Crippen LogP contribution >= 0.6 is 0 Å². The second-order valence-corrected chi connectivity index (χ2v) is 6.61. The highest BCUT2D eigenvalue weighted by Crippen LogP contribution is 2.30. The molecule has 1 aliphatic heterocycles. The van der Waals surface area contributed by atoms with Crippen molar-refractivity contribution in [1.29, 1.82) is 0 Å². The van der Waals surface area contributed by atoms with Gasteiger partial charge < -0.3 is 16.0 Å². The van der Waals surface area contributed by atoms with Crippen LogP contribution in [0.15, 0.2) is 0 Å². The number of fused-ring (bicyclic) bond motifs is 1. The van der Waals surface area contributed by atoms with E-state index in [1.807, 2.05) is 4.90 Å². The summed E-state index contributed by atoms with van der Waals surface area (Å²) in [5, 5.41) is 3.05. The molecule has 0 bridgehead atoms. The van der Waals surface area contributed by atoms with E-state index < -0.39 is 0 Å². The van der Waals surface area contributed by atoms with Crippen molar-refractivity contribution in [2.24, 2.45) is 11.7 Å². The second-order valence-electron chi connectivity index (χ2n) is 6.61. The zero-order chi connectivity index (χ0) is 14.1. The summed E-state index contributed by atoms with van der Waals surface area (Å²) in [6.07, 6.45) is 8.08. The minimum atomic E-state index is -0.00257. The van der Waals surface area contributed by atoms with E-state index in [9.17, 15) is 9.59 Å². The minimum absolute atomic E-state index is 0.00257. The van der Waals surface area contributed by atoms with Gasteiger partial charge in [0.2, 0.25) is 11.8 Å². The van der Waals surface area contributed by atoms with E-state index in [0.29, 0.717) is 12.3 Å². The number of carbonyl (C=O) groups is 2. The lowest BCUT2D eigenvalue weighted by Gasteiger charge is -2.44. The molecule has 0 aromatic rings. The molecule has 3 aliphatic rings. The van der Waals surface area contributed by atoms with Crippen molar-refractivity contribution in [3.8, 4) is 0 Å². The molecule has 2 unspecified atom stereocenters. The molecule has 2 amide bonds. The van der Waals surface area contributed by atoms with Crippen LogP contribution in [0.5, 0.6) is 0 Å². The lowest BCUT2D eigenvalue weighted by atomic mass is 9.87. The van der Waals surface area contributed by atoms with Gasteiger partial charge >= 0.3 is 0 Å². The van der Waals surface area contributed by atoms with Gasteiger partial charge in [-0.2, -0.15) is 0 Å². The molecule has 5 nitrogen and oxygen atoms in total. The molecule has 2 saturated carbocycles. The van der Waals surface area contributed by atoms with Crippen LogP contribution in [0.3, 0.4) is 0 Å². The van der Waals surface area contributed by atoms with E-state index in [2.05, 4.69) is 5.32 Å². The van der Waals surface area contributed by atoms with Crippen molar-refractivity contribution >= 4 is 11.8 Å². The van der Waals surface area contributed by atoms with Gasteiger partial charge in [0.15, 0.2) is 0 Å². The predicted octanol–water partition coefficient (Wildman–Crippen LogP) is 0.774. The Morgan fingerprint density at radius 1 is 1.20 bits per heavy atom. The van der Waals surface area contributed by atoms with Crippen molar-refractivity contribution in [3.63, 3.8) is 0 Å². The van der Waals surface area contributed by atoms with Crippen LogP contribution in [0.25, 0.3) is 0 Å². The number of nitrogens with zero attached hydrogens (tertiary/aromatic N) is 1. The van der Waals surface area contributed by atoms with Crippen LogP contribution < -0.4 is 11.1 Å². The standard InChI is InChI=1S/C15H25N3O2/c16-11-5-3-4-10(11)8-15(20)18-9-14(19)17-12-6-1-2-7-13(12)18/h10-13H,1-9,16H2,(H,17,19)/t10-,11+,12?,13?/m0/s1. The Balaban J connectivity index is 1.66. The summed E-state index contributed by atoms with van der Waals surface area (Å²) < 4.78 is 0. The first kappa shape index (κ1) is 13.9. The summed E-state index contributed by atoms with van der Waals surface area (Å²) in [5.74, 6) is 0.450. The molecule has 5 heteroatoms. The van der Waals surface area contributed by atoms with Crippen LogP contribution in [-0.2, 0) is 9.59 Å². The largest absolute Gasteiger partial charge is 0.350 e. The maximum atomic E-state index is 12.6. The van der Waals surface area contributed by atoms with Gasteiger partial charge in [-0.15, -0.1) is 0 Å². The first-order chi connectivity index (χ1) is 9.65. The summed E-state index contributed by atoms with van der Waals surface area (Å²) in [6.45, 7) is 0.238. The average Bonchev–Trinajstić information content (AvgIpc) is 2.83. The highest BCUT2D eigenvalue weighted by molar-refractivity contribution is 5.86. The molecular weight excluding hydrogens is 254 g/mol. The van der Waals surface area contributed by atoms with Gasteiger partial charge in [-0.05, 0) is 31.6 Å². The highest BCUT2D eigenvalue weighted by atomic mass is 16.2. The third-order valence-electron chi connectivity index (χ3n) is 5.27. The van der Waals surface area contributed by atoms with Gasteiger partial charge in [0.1, 0.15) is 0 Å². The SMILES string of the molecule is N[C@@H]1CCC[C@H]1CC(=O)N1CC(=O)NC2CCCCC21. The molecule has 0 radical (unpaired) electrons. The topological polar surface area (TPSA) is 75.4 Å². The Labute approximate surface area is 120 Å². The fourth-order valence-corrected chi connectivity index (χ4v) is 4.11. The number of amides is 2. The fourth-order valence-electron chi connectivity index (χ4n) is 4.11. The van der Waals surface area contributed by atoms with Gasteiger partial charge in [-0.3, -0.25) is 9.59 Å². The quantitative estimate of drug-likeness (QED) is 0.784. The Morgan fingerprint density at radius 2 is 2.00 bits per heavy atom. The van der Waals surface area contributed by atoms with Crippen molar-refractivity contribution in [2.75, 3.05) is 6.54 Å². The van der Waals surface area contributed by atoms with Crippen LogP contribution in [0.1, 0.15) is 51.4 Å². The molecule has 4 atom stereocenters. The van der Waals surface area contributed by atoms with E-state index in [-0.39, 0.29) is 36.5 Å². The van der Waals surface area contributed by atoms with Gasteiger partial charge in [0.05, 0.1) is 12.6 Å². The van der Waals surface area contributed by atoms with Crippen LogP contribution in [-0.4, -0.2) is 41.4 Å². The minimum Gasteiger partial charge on any atom is -0.350 e. The van der Waals surface area contributed by atoms with Crippen LogP contribution in [0.2, 0.25) is 0 Å². The van der Waals surface area contributed by atoms with Gasteiger partial charge in [0, 0.05) is 18.5 Å². The normalized spacial score (nSPS) is 37.5. The zero-order valence-electron chi connectivity index (χ0n) is 12.0. The van der Waals surface area contributed by atoms with Crippen molar-refractivity contribution in [1.82, 2.24) is 10.2 Å². The lowest BCUT2D eigenvalue weighted by molar-refractivity contribution is -0.145. The number of nitrogens with one attached hydrogen (secondary N) is 1. The van der Waals surface area contributed by atoms with Crippen molar-refractivity contribution in [3.05, 3.63) is 0 Å². The summed E-state index contributed by atoms with van der Waals surface area (Å²) >= 11 is 0. The molecule has 20 heavy (non-hydrogen) atoms. The van der Waals surface area contributed by atoms with Gasteiger partial charge in [-0.1, -0.05) is 19.3 Å². The molecule has 1 heterocycles. The average molecular weight is 279 g/mol. The molecule has 3 fully saturated rings. The number of rotatable bonds is 2. The molecule has 2 aliphatic carbocycles.